The number of aromatic nitrogens is 4. The zero-order chi connectivity index (χ0) is 23.2. The van der Waals surface area contributed by atoms with Crippen LogP contribution in [0.25, 0.3) is 17.2 Å². The molecule has 0 saturated heterocycles. The Kier molecular flexibility index (Phi) is 6.89. The third-order valence-electron chi connectivity index (χ3n) is 4.79. The van der Waals surface area contributed by atoms with E-state index in [-0.39, 0.29) is 11.7 Å². The van der Waals surface area contributed by atoms with Crippen molar-refractivity contribution in [1.29, 1.82) is 0 Å². The Hall–Kier alpha value is -3.85. The monoisotopic (exact) mass is 461 g/mol. The van der Waals surface area contributed by atoms with Crippen molar-refractivity contribution in [3.8, 4) is 28.7 Å². The number of hydrogen-bond acceptors (Lipinski definition) is 7. The smallest absolute Gasteiger partial charge is 0.234 e. The molecule has 0 fully saturated rings. The highest BCUT2D eigenvalue weighted by Crippen LogP contribution is 2.28. The van der Waals surface area contributed by atoms with Gasteiger partial charge >= 0.3 is 0 Å². The lowest BCUT2D eigenvalue weighted by atomic mass is 10.2. The summed E-state index contributed by atoms with van der Waals surface area (Å²) >= 11 is 1.30. The van der Waals surface area contributed by atoms with Crippen LogP contribution < -0.4 is 14.8 Å². The Morgan fingerprint density at radius 1 is 1.00 bits per heavy atom. The molecule has 4 aromatic rings. The fraction of sp³-hybridized carbons (Fsp3) is 0.167. The second-order valence-electron chi connectivity index (χ2n) is 7.13. The van der Waals surface area contributed by atoms with Gasteiger partial charge in [0.25, 0.3) is 0 Å². The van der Waals surface area contributed by atoms with Gasteiger partial charge in [-0.1, -0.05) is 35.5 Å². The van der Waals surface area contributed by atoms with E-state index in [1.54, 1.807) is 38.6 Å². The maximum Gasteiger partial charge on any atom is 0.234 e. The lowest BCUT2D eigenvalue weighted by Gasteiger charge is -2.11. The first-order chi connectivity index (χ1) is 16.1. The lowest BCUT2D eigenvalue weighted by molar-refractivity contribution is -0.113. The normalized spacial score (nSPS) is 10.6. The first-order valence-corrected chi connectivity index (χ1v) is 11.2. The lowest BCUT2D eigenvalue weighted by Crippen LogP contribution is -2.14. The second kappa shape index (κ2) is 10.2. The van der Waals surface area contributed by atoms with Crippen LogP contribution in [0.5, 0.6) is 11.5 Å². The van der Waals surface area contributed by atoms with Crippen LogP contribution in [-0.2, 0) is 4.79 Å². The number of thioether (sulfide) groups is 1. The first kappa shape index (κ1) is 22.3. The van der Waals surface area contributed by atoms with Gasteiger partial charge in [0.2, 0.25) is 5.91 Å². The number of carbonyl (C=O) groups excluding carboxylic acids is 1. The molecule has 0 aliphatic rings. The Morgan fingerprint density at radius 2 is 1.73 bits per heavy atom. The van der Waals surface area contributed by atoms with E-state index in [0.717, 1.165) is 11.3 Å². The van der Waals surface area contributed by atoms with E-state index < -0.39 is 0 Å². The predicted molar refractivity (Wildman–Crippen MR) is 128 cm³/mol. The van der Waals surface area contributed by atoms with Crippen LogP contribution >= 0.6 is 11.8 Å². The van der Waals surface area contributed by atoms with Gasteiger partial charge in [0.05, 0.1) is 20.0 Å². The molecule has 2 heterocycles. The summed E-state index contributed by atoms with van der Waals surface area (Å²) in [6, 6.07) is 18.9. The summed E-state index contributed by atoms with van der Waals surface area (Å²) in [5.41, 5.74) is 3.33. The summed E-state index contributed by atoms with van der Waals surface area (Å²) < 4.78 is 12.4. The van der Waals surface area contributed by atoms with Crippen molar-refractivity contribution < 1.29 is 14.3 Å². The summed E-state index contributed by atoms with van der Waals surface area (Å²) in [6.45, 7) is 2.03. The molecular weight excluding hydrogens is 438 g/mol. The van der Waals surface area contributed by atoms with Gasteiger partial charge in [-0.2, -0.15) is 0 Å². The second-order valence-corrected chi connectivity index (χ2v) is 8.07. The van der Waals surface area contributed by atoms with Crippen LogP contribution in [0.2, 0.25) is 0 Å². The van der Waals surface area contributed by atoms with Crippen molar-refractivity contribution in [1.82, 2.24) is 19.7 Å². The van der Waals surface area contributed by atoms with Crippen LogP contribution in [0.4, 0.5) is 5.69 Å². The molecule has 9 heteroatoms. The van der Waals surface area contributed by atoms with E-state index in [4.69, 9.17) is 9.47 Å². The molecule has 33 heavy (non-hydrogen) atoms. The molecule has 2 aromatic heterocycles. The van der Waals surface area contributed by atoms with Gasteiger partial charge in [-0.05, 0) is 31.2 Å². The Labute approximate surface area is 196 Å². The summed E-state index contributed by atoms with van der Waals surface area (Å²) in [6.07, 6.45) is 1.71. The zero-order valence-corrected chi connectivity index (χ0v) is 19.3. The highest BCUT2D eigenvalue weighted by molar-refractivity contribution is 7.99. The van der Waals surface area contributed by atoms with Crippen LogP contribution in [0.3, 0.4) is 0 Å². The van der Waals surface area contributed by atoms with Gasteiger partial charge in [-0.25, -0.2) is 0 Å². The summed E-state index contributed by atoms with van der Waals surface area (Å²) in [4.78, 5) is 17.1. The Bertz CT molecular complexity index is 1220. The molecule has 0 radical (unpaired) electrons. The highest BCUT2D eigenvalue weighted by Gasteiger charge is 2.18. The molecule has 0 aliphatic carbocycles. The SMILES string of the molecule is COc1cc(NC(=O)CSc2nnc(-c3ccccn3)n2-c2ccc(C)cc2)cc(OC)c1. The third kappa shape index (κ3) is 5.32. The highest BCUT2D eigenvalue weighted by atomic mass is 32.2. The average molecular weight is 462 g/mol. The molecule has 8 nitrogen and oxygen atoms in total. The minimum Gasteiger partial charge on any atom is -0.497 e. The number of pyridine rings is 1. The standard InChI is InChI=1S/C24H23N5O3S/c1-16-7-9-18(10-8-16)29-23(21-6-4-5-11-25-21)27-28-24(29)33-15-22(30)26-17-12-19(31-2)14-20(13-17)32-3/h4-14H,15H2,1-3H3,(H,26,30). The minimum atomic E-state index is -0.187. The van der Waals surface area contributed by atoms with Crippen LogP contribution in [0.15, 0.2) is 72.0 Å². The molecule has 0 unspecified atom stereocenters. The maximum atomic E-state index is 12.7. The molecule has 1 amide bonds. The molecule has 0 atom stereocenters. The number of carbonyl (C=O) groups is 1. The fourth-order valence-electron chi connectivity index (χ4n) is 3.16. The Morgan fingerprint density at radius 3 is 2.36 bits per heavy atom. The van der Waals surface area contributed by atoms with E-state index in [9.17, 15) is 4.79 Å². The fourth-order valence-corrected chi connectivity index (χ4v) is 3.91. The molecule has 1 N–H and O–H groups in total. The van der Waals surface area contributed by atoms with Crippen LogP contribution in [0, 0.1) is 6.92 Å². The first-order valence-electron chi connectivity index (χ1n) is 10.2. The van der Waals surface area contributed by atoms with Crippen LogP contribution in [0.1, 0.15) is 5.56 Å². The number of nitrogens with zero attached hydrogens (tertiary/aromatic N) is 4. The van der Waals surface area contributed by atoms with E-state index in [1.165, 1.54) is 11.8 Å². The van der Waals surface area contributed by atoms with Crippen molar-refractivity contribution in [2.24, 2.45) is 0 Å². The van der Waals surface area contributed by atoms with Gasteiger partial charge < -0.3 is 14.8 Å². The van der Waals surface area contributed by atoms with E-state index >= 15 is 0 Å². The molecule has 0 bridgehead atoms. The van der Waals surface area contributed by atoms with Crippen molar-refractivity contribution >= 4 is 23.4 Å². The number of aryl methyl sites for hydroxylation is 1. The van der Waals surface area contributed by atoms with Gasteiger partial charge in [-0.3, -0.25) is 14.3 Å². The minimum absolute atomic E-state index is 0.145. The molecule has 0 spiro atoms. The number of methoxy groups -OCH3 is 2. The molecule has 4 rings (SSSR count). The quantitative estimate of drug-likeness (QED) is 0.389. The largest absolute Gasteiger partial charge is 0.497 e. The Balaban J connectivity index is 1.56. The summed E-state index contributed by atoms with van der Waals surface area (Å²) in [5.74, 6) is 1.76. The topological polar surface area (TPSA) is 91.2 Å². The number of anilines is 1. The average Bonchev–Trinajstić information content (AvgIpc) is 3.27. The predicted octanol–water partition coefficient (Wildman–Crippen LogP) is 4.39. The van der Waals surface area contributed by atoms with Crippen molar-refractivity contribution in [3.05, 3.63) is 72.4 Å². The molecular formula is C24H23N5O3S. The number of benzene rings is 2. The maximum absolute atomic E-state index is 12.7. The van der Waals surface area contributed by atoms with Gasteiger partial charge in [0.15, 0.2) is 11.0 Å². The number of amides is 1. The van der Waals surface area contributed by atoms with Crippen LogP contribution in [-0.4, -0.2) is 45.6 Å². The zero-order valence-electron chi connectivity index (χ0n) is 18.5. The van der Waals surface area contributed by atoms with Gasteiger partial charge in [0.1, 0.15) is 17.2 Å². The van der Waals surface area contributed by atoms with Crippen molar-refractivity contribution in [2.45, 2.75) is 12.1 Å². The number of nitrogens with one attached hydrogen (secondary N) is 1. The summed E-state index contributed by atoms with van der Waals surface area (Å²) in [5, 5.41) is 12.2. The molecule has 2 aromatic carbocycles. The molecule has 168 valence electrons. The molecule has 0 saturated carbocycles. The number of hydrogen-bond donors (Lipinski definition) is 1. The summed E-state index contributed by atoms with van der Waals surface area (Å²) in [7, 11) is 3.13. The van der Waals surface area contributed by atoms with Gasteiger partial charge in [0, 0.05) is 35.8 Å². The number of rotatable bonds is 8. The van der Waals surface area contributed by atoms with E-state index in [1.807, 2.05) is 54.0 Å². The third-order valence-corrected chi connectivity index (χ3v) is 5.72. The van der Waals surface area contributed by atoms with E-state index in [2.05, 4.69) is 20.5 Å². The number of ether oxygens (including phenoxy) is 2. The van der Waals surface area contributed by atoms with E-state index in [0.29, 0.717) is 33.9 Å². The van der Waals surface area contributed by atoms with Gasteiger partial charge in [-0.15, -0.1) is 10.2 Å². The van der Waals surface area contributed by atoms with Crippen molar-refractivity contribution in [3.63, 3.8) is 0 Å². The molecule has 0 aliphatic heterocycles. The van der Waals surface area contributed by atoms with Crippen molar-refractivity contribution in [2.75, 3.05) is 25.3 Å².